The highest BCUT2D eigenvalue weighted by atomic mass is 79.9. The number of nitrogens with zero attached hydrogens (tertiary/aromatic N) is 2. The van der Waals surface area contributed by atoms with Gasteiger partial charge in [-0.1, -0.05) is 15.9 Å². The number of hydrogen-bond acceptors (Lipinski definition) is 5. The van der Waals surface area contributed by atoms with Gasteiger partial charge < -0.3 is 5.11 Å². The molecule has 5 nitrogen and oxygen atoms in total. The summed E-state index contributed by atoms with van der Waals surface area (Å²) < 4.78 is 1.33. The van der Waals surface area contributed by atoms with Crippen LogP contribution in [0, 0.1) is 6.92 Å². The van der Waals surface area contributed by atoms with Crippen molar-refractivity contribution in [3.8, 4) is 5.75 Å². The molecule has 0 radical (unpaired) electrons. The van der Waals surface area contributed by atoms with E-state index in [1.165, 1.54) is 17.6 Å². The summed E-state index contributed by atoms with van der Waals surface area (Å²) in [6.07, 6.45) is 1.56. The van der Waals surface area contributed by atoms with Crippen molar-refractivity contribution >= 4 is 55.3 Å². The van der Waals surface area contributed by atoms with Crippen LogP contribution in [0.4, 0.5) is 0 Å². The topological polar surface area (TPSA) is 74.6 Å². The maximum absolute atomic E-state index is 11.7. The zero-order valence-corrected chi connectivity index (χ0v) is 14.9. The number of rotatable bonds is 4. The fourth-order valence-electron chi connectivity index (χ4n) is 1.55. The van der Waals surface area contributed by atoms with Crippen LogP contribution in [0.15, 0.2) is 31.6 Å². The van der Waals surface area contributed by atoms with Crippen molar-refractivity contribution < 1.29 is 9.90 Å². The Kier molecular flexibility index (Phi) is 5.49. The lowest BCUT2D eigenvalue weighted by atomic mass is 10.2. The van der Waals surface area contributed by atoms with Crippen molar-refractivity contribution in [3.63, 3.8) is 0 Å². The Bertz CT molecular complexity index is 701. The number of aromatic hydroxyl groups is 1. The Morgan fingerprint density at radius 3 is 2.95 bits per heavy atom. The zero-order valence-electron chi connectivity index (χ0n) is 10.9. The molecular weight excluding hydrogens is 422 g/mol. The first-order valence-electron chi connectivity index (χ1n) is 5.86. The number of halogens is 2. The summed E-state index contributed by atoms with van der Waals surface area (Å²) in [7, 11) is 0. The predicted octanol–water partition coefficient (Wildman–Crippen LogP) is 3.37. The second-order valence-electron chi connectivity index (χ2n) is 4.15. The van der Waals surface area contributed by atoms with Crippen LogP contribution >= 0.6 is 43.2 Å². The number of carbonyl (C=O) groups is 1. The van der Waals surface area contributed by atoms with Crippen LogP contribution in [0.25, 0.3) is 0 Å². The predicted molar refractivity (Wildman–Crippen MR) is 89.8 cm³/mol. The summed E-state index contributed by atoms with van der Waals surface area (Å²) in [6.45, 7) is 1.89. The fraction of sp³-hybridized carbons (Fsp3) is 0.154. The largest absolute Gasteiger partial charge is 0.506 e. The number of hydrazone groups is 1. The van der Waals surface area contributed by atoms with Crippen LogP contribution in [0.2, 0.25) is 0 Å². The van der Waals surface area contributed by atoms with E-state index in [0.717, 1.165) is 15.2 Å². The molecule has 0 bridgehead atoms. The minimum Gasteiger partial charge on any atom is -0.506 e. The van der Waals surface area contributed by atoms with Crippen molar-refractivity contribution in [2.24, 2.45) is 5.10 Å². The van der Waals surface area contributed by atoms with Gasteiger partial charge in [-0.25, -0.2) is 10.4 Å². The molecule has 2 N–H and O–H groups in total. The van der Waals surface area contributed by atoms with Crippen molar-refractivity contribution in [1.82, 2.24) is 10.4 Å². The van der Waals surface area contributed by atoms with Crippen molar-refractivity contribution in [2.45, 2.75) is 13.3 Å². The van der Waals surface area contributed by atoms with E-state index in [2.05, 4.69) is 47.4 Å². The molecule has 0 fully saturated rings. The second kappa shape index (κ2) is 7.15. The molecule has 0 saturated heterocycles. The first-order chi connectivity index (χ1) is 9.95. The number of amides is 1. The van der Waals surface area contributed by atoms with Crippen LogP contribution in [0.3, 0.4) is 0 Å². The van der Waals surface area contributed by atoms with E-state index in [0.29, 0.717) is 10.0 Å². The highest BCUT2D eigenvalue weighted by molar-refractivity contribution is 9.11. The summed E-state index contributed by atoms with van der Waals surface area (Å²) in [5.74, 6) is -0.198. The van der Waals surface area contributed by atoms with Gasteiger partial charge in [-0.05, 0) is 35.0 Å². The van der Waals surface area contributed by atoms with Gasteiger partial charge in [-0.2, -0.15) is 5.10 Å². The van der Waals surface area contributed by atoms with E-state index >= 15 is 0 Å². The van der Waals surface area contributed by atoms with E-state index in [4.69, 9.17) is 0 Å². The molecule has 0 atom stereocenters. The molecule has 2 rings (SSSR count). The average Bonchev–Trinajstić information content (AvgIpc) is 2.80. The van der Waals surface area contributed by atoms with Gasteiger partial charge >= 0.3 is 0 Å². The van der Waals surface area contributed by atoms with Crippen molar-refractivity contribution in [1.29, 1.82) is 0 Å². The molecule has 2 aromatic rings. The van der Waals surface area contributed by atoms with E-state index < -0.39 is 0 Å². The van der Waals surface area contributed by atoms with E-state index in [9.17, 15) is 9.90 Å². The molecule has 0 aliphatic heterocycles. The molecule has 21 heavy (non-hydrogen) atoms. The van der Waals surface area contributed by atoms with Crippen LogP contribution in [0.1, 0.15) is 16.3 Å². The normalized spacial score (nSPS) is 11.0. The molecule has 0 spiro atoms. The fourth-order valence-corrected chi connectivity index (χ4v) is 3.42. The van der Waals surface area contributed by atoms with Gasteiger partial charge in [0, 0.05) is 15.4 Å². The van der Waals surface area contributed by atoms with Gasteiger partial charge in [0.25, 0.3) is 0 Å². The van der Waals surface area contributed by atoms with Gasteiger partial charge in [0.1, 0.15) is 5.75 Å². The maximum atomic E-state index is 11.7. The highest BCUT2D eigenvalue weighted by Gasteiger charge is 2.07. The number of phenolic OH excluding ortho intramolecular Hbond substituents is 1. The molecule has 0 aliphatic carbocycles. The van der Waals surface area contributed by atoms with Crippen LogP contribution in [0.5, 0.6) is 5.75 Å². The van der Waals surface area contributed by atoms with Gasteiger partial charge in [0.2, 0.25) is 5.91 Å². The van der Waals surface area contributed by atoms with Crippen LogP contribution in [-0.4, -0.2) is 22.2 Å². The van der Waals surface area contributed by atoms with Gasteiger partial charge in [-0.15, -0.1) is 11.3 Å². The molecule has 110 valence electrons. The monoisotopic (exact) mass is 431 g/mol. The number of thiazole rings is 1. The lowest BCUT2D eigenvalue weighted by Gasteiger charge is -2.03. The molecule has 0 saturated carbocycles. The Morgan fingerprint density at radius 2 is 2.29 bits per heavy atom. The minimum atomic E-state index is -0.259. The molecule has 0 aliphatic rings. The summed E-state index contributed by atoms with van der Waals surface area (Å²) >= 11 is 8.04. The van der Waals surface area contributed by atoms with Gasteiger partial charge in [0.05, 0.1) is 27.8 Å². The third-order valence-corrected chi connectivity index (χ3v) is 4.34. The Morgan fingerprint density at radius 1 is 1.52 bits per heavy atom. The first kappa shape index (κ1) is 16.1. The standard InChI is InChI=1S/C13H11Br2N3O2S/c1-7-17-10(6-21-7)4-12(19)18-16-5-8-2-9(14)3-11(15)13(8)20/h2-3,5-6,20H,4H2,1H3,(H,18,19). The maximum Gasteiger partial charge on any atom is 0.246 e. The summed E-state index contributed by atoms with van der Waals surface area (Å²) in [4.78, 5) is 15.9. The van der Waals surface area contributed by atoms with Crippen molar-refractivity contribution in [3.05, 3.63) is 42.7 Å². The molecule has 8 heteroatoms. The molecular formula is C13H11Br2N3O2S. The average molecular weight is 433 g/mol. The van der Waals surface area contributed by atoms with E-state index in [1.807, 2.05) is 12.3 Å². The quantitative estimate of drug-likeness (QED) is 0.574. The lowest BCUT2D eigenvalue weighted by Crippen LogP contribution is -2.19. The molecule has 0 unspecified atom stereocenters. The summed E-state index contributed by atoms with van der Waals surface area (Å²) in [5.41, 5.74) is 3.62. The number of nitrogens with one attached hydrogen (secondary N) is 1. The minimum absolute atomic E-state index is 0.0614. The van der Waals surface area contributed by atoms with Crippen LogP contribution in [-0.2, 0) is 11.2 Å². The molecule has 1 heterocycles. The molecule has 1 aromatic carbocycles. The Balaban J connectivity index is 1.97. The summed E-state index contributed by atoms with van der Waals surface area (Å²) in [5, 5.41) is 16.4. The second-order valence-corrected chi connectivity index (χ2v) is 6.99. The lowest BCUT2D eigenvalue weighted by molar-refractivity contribution is -0.120. The number of phenols is 1. The number of carbonyl (C=O) groups excluding carboxylic acids is 1. The number of benzene rings is 1. The SMILES string of the molecule is Cc1nc(CC(=O)NN=Cc2cc(Br)cc(Br)c2O)cs1. The highest BCUT2D eigenvalue weighted by Crippen LogP contribution is 2.30. The van der Waals surface area contributed by atoms with Gasteiger partial charge in [0.15, 0.2) is 0 Å². The zero-order chi connectivity index (χ0) is 15.4. The van der Waals surface area contributed by atoms with E-state index in [-0.39, 0.29) is 18.1 Å². The van der Waals surface area contributed by atoms with Crippen molar-refractivity contribution in [2.75, 3.05) is 0 Å². The number of aromatic nitrogens is 1. The Labute approximate surface area is 142 Å². The number of aryl methyl sites for hydroxylation is 1. The summed E-state index contributed by atoms with van der Waals surface area (Å²) in [6, 6.07) is 3.41. The molecule has 1 aromatic heterocycles. The third-order valence-electron chi connectivity index (χ3n) is 2.46. The molecule has 1 amide bonds. The van der Waals surface area contributed by atoms with E-state index in [1.54, 1.807) is 12.1 Å². The number of hydrogen-bond donors (Lipinski definition) is 2. The first-order valence-corrected chi connectivity index (χ1v) is 8.33. The Hall–Kier alpha value is -1.25. The third kappa shape index (κ3) is 4.62. The van der Waals surface area contributed by atoms with Gasteiger partial charge in [-0.3, -0.25) is 4.79 Å². The smallest absolute Gasteiger partial charge is 0.246 e. The van der Waals surface area contributed by atoms with Crippen LogP contribution < -0.4 is 5.43 Å².